The Morgan fingerprint density at radius 2 is 1.91 bits per heavy atom. The zero-order chi connectivity index (χ0) is 16.2. The Hall–Kier alpha value is -2.72. The Morgan fingerprint density at radius 1 is 1.09 bits per heavy atom. The first-order chi connectivity index (χ1) is 11.2. The minimum absolute atomic E-state index is 0.298. The number of hydrogen-bond acceptors (Lipinski definition) is 6. The van der Waals surface area contributed by atoms with E-state index in [-0.39, 0.29) is 0 Å². The Morgan fingerprint density at radius 3 is 2.57 bits per heavy atom. The van der Waals surface area contributed by atoms with Crippen LogP contribution in [0.1, 0.15) is 18.2 Å². The van der Waals surface area contributed by atoms with Crippen molar-refractivity contribution < 1.29 is 0 Å². The lowest BCUT2D eigenvalue weighted by Crippen LogP contribution is -2.01. The zero-order valence-corrected chi connectivity index (χ0v) is 13.6. The van der Waals surface area contributed by atoms with Crippen LogP contribution in [0.25, 0.3) is 11.4 Å². The van der Waals surface area contributed by atoms with Crippen molar-refractivity contribution >= 4 is 11.8 Å². The summed E-state index contributed by atoms with van der Waals surface area (Å²) in [5.74, 6) is 0.842. The lowest BCUT2D eigenvalue weighted by Gasteiger charge is -2.08. The van der Waals surface area contributed by atoms with Crippen LogP contribution >= 0.6 is 11.8 Å². The molecule has 6 nitrogen and oxygen atoms in total. The molecule has 3 rings (SSSR count). The third-order valence-corrected chi connectivity index (χ3v) is 4.28. The lowest BCUT2D eigenvalue weighted by atomic mass is 10.1. The van der Waals surface area contributed by atoms with Crippen molar-refractivity contribution in [3.63, 3.8) is 0 Å². The molecule has 2 heterocycles. The van der Waals surface area contributed by atoms with Crippen molar-refractivity contribution in [2.24, 2.45) is 0 Å². The fraction of sp³-hybridized carbons (Fsp3) is 0.188. The quantitative estimate of drug-likeness (QED) is 0.734. The van der Waals surface area contributed by atoms with Gasteiger partial charge >= 0.3 is 0 Å². The lowest BCUT2D eigenvalue weighted by molar-refractivity contribution is 0.686. The summed E-state index contributed by atoms with van der Waals surface area (Å²) in [7, 11) is 0. The van der Waals surface area contributed by atoms with Gasteiger partial charge in [-0.1, -0.05) is 24.3 Å². The first-order valence-electron chi connectivity index (χ1n) is 7.13. The highest BCUT2D eigenvalue weighted by Crippen LogP contribution is 2.29. The molecule has 1 aromatic carbocycles. The van der Waals surface area contributed by atoms with Gasteiger partial charge in [-0.15, -0.1) is 20.4 Å². The second-order valence-electron chi connectivity index (χ2n) is 4.84. The molecule has 0 amide bonds. The highest BCUT2D eigenvalue weighted by atomic mass is 32.2. The van der Waals surface area contributed by atoms with E-state index in [4.69, 9.17) is 5.26 Å². The largest absolute Gasteiger partial charge is 0.302 e. The monoisotopic (exact) mass is 322 g/mol. The standard InChI is InChI=1S/C16H14N6S/c1-3-22-15(13-7-5-4-6-11(13)2)20-21-16(22)23-14-9-8-12(10-17)18-19-14/h4-9H,3H2,1-2H3. The van der Waals surface area contributed by atoms with E-state index in [0.29, 0.717) is 10.7 Å². The summed E-state index contributed by atoms with van der Waals surface area (Å²) in [6.45, 7) is 4.87. The van der Waals surface area contributed by atoms with E-state index in [1.807, 2.05) is 28.8 Å². The molecule has 0 fully saturated rings. The van der Waals surface area contributed by atoms with Gasteiger partial charge in [0.2, 0.25) is 0 Å². The fourth-order valence-corrected chi connectivity index (χ4v) is 3.01. The van der Waals surface area contributed by atoms with Crippen LogP contribution in [0.3, 0.4) is 0 Å². The molecular weight excluding hydrogens is 308 g/mol. The van der Waals surface area contributed by atoms with Crippen molar-refractivity contribution in [1.82, 2.24) is 25.0 Å². The summed E-state index contributed by atoms with van der Waals surface area (Å²) in [6.07, 6.45) is 0. The Balaban J connectivity index is 1.95. The van der Waals surface area contributed by atoms with Crippen molar-refractivity contribution in [3.8, 4) is 17.5 Å². The number of nitrogens with zero attached hydrogens (tertiary/aromatic N) is 6. The van der Waals surface area contributed by atoms with Crippen molar-refractivity contribution in [2.75, 3.05) is 0 Å². The highest BCUT2D eigenvalue weighted by Gasteiger charge is 2.15. The molecule has 23 heavy (non-hydrogen) atoms. The summed E-state index contributed by atoms with van der Waals surface area (Å²) in [6, 6.07) is 13.5. The third kappa shape index (κ3) is 3.07. The SMILES string of the molecule is CCn1c(Sc2ccc(C#N)nn2)nnc1-c1ccccc1C. The maximum Gasteiger partial charge on any atom is 0.197 e. The Bertz CT molecular complexity index is 863. The number of rotatable bonds is 4. The van der Waals surface area contributed by atoms with Crippen LogP contribution in [0, 0.1) is 18.3 Å². The number of nitriles is 1. The predicted octanol–water partition coefficient (Wildman–Crippen LogP) is 3.09. The normalized spacial score (nSPS) is 10.5. The second kappa shape index (κ2) is 6.58. The topological polar surface area (TPSA) is 80.3 Å². The van der Waals surface area contributed by atoms with Gasteiger partial charge in [-0.25, -0.2) is 0 Å². The third-order valence-electron chi connectivity index (χ3n) is 3.37. The molecule has 0 aliphatic carbocycles. The van der Waals surface area contributed by atoms with Gasteiger partial charge in [-0.3, -0.25) is 0 Å². The van der Waals surface area contributed by atoms with Crippen molar-refractivity contribution in [2.45, 2.75) is 30.6 Å². The fourth-order valence-electron chi connectivity index (χ4n) is 2.20. The van der Waals surface area contributed by atoms with Crippen LogP contribution < -0.4 is 0 Å². The van der Waals surface area contributed by atoms with E-state index in [0.717, 1.165) is 28.7 Å². The van der Waals surface area contributed by atoms with E-state index in [1.54, 1.807) is 12.1 Å². The summed E-state index contributed by atoms with van der Waals surface area (Å²) < 4.78 is 2.05. The molecule has 0 N–H and O–H groups in total. The van der Waals surface area contributed by atoms with Gasteiger partial charge < -0.3 is 4.57 Å². The average molecular weight is 322 g/mol. The summed E-state index contributed by atoms with van der Waals surface area (Å²) >= 11 is 1.39. The molecule has 3 aromatic rings. The minimum atomic E-state index is 0.298. The van der Waals surface area contributed by atoms with Crippen molar-refractivity contribution in [3.05, 3.63) is 47.7 Å². The van der Waals surface area contributed by atoms with Crippen LogP contribution in [0.5, 0.6) is 0 Å². The molecule has 0 saturated heterocycles. The van der Waals surface area contributed by atoms with Crippen molar-refractivity contribution in [1.29, 1.82) is 5.26 Å². The van der Waals surface area contributed by atoms with E-state index in [9.17, 15) is 0 Å². The number of aromatic nitrogens is 5. The molecule has 7 heteroatoms. The minimum Gasteiger partial charge on any atom is -0.302 e. The maximum absolute atomic E-state index is 8.77. The molecule has 0 aliphatic rings. The summed E-state index contributed by atoms with van der Waals surface area (Å²) in [4.78, 5) is 0. The van der Waals surface area contributed by atoms with Gasteiger partial charge in [-0.2, -0.15) is 5.26 Å². The van der Waals surface area contributed by atoms with Gasteiger partial charge in [0.15, 0.2) is 16.7 Å². The number of aryl methyl sites for hydroxylation is 1. The van der Waals surface area contributed by atoms with Gasteiger partial charge in [0.1, 0.15) is 11.1 Å². The highest BCUT2D eigenvalue weighted by molar-refractivity contribution is 7.99. The second-order valence-corrected chi connectivity index (χ2v) is 5.82. The average Bonchev–Trinajstić information content (AvgIpc) is 2.98. The molecule has 2 aromatic heterocycles. The summed E-state index contributed by atoms with van der Waals surface area (Å²) in [5, 5.41) is 26.7. The first kappa shape index (κ1) is 15.2. The molecule has 114 valence electrons. The molecule has 0 saturated carbocycles. The molecule has 0 unspecified atom stereocenters. The molecule has 0 atom stereocenters. The smallest absolute Gasteiger partial charge is 0.197 e. The number of benzene rings is 1. The van der Waals surface area contributed by atoms with Crippen LogP contribution in [0.2, 0.25) is 0 Å². The molecule has 0 bridgehead atoms. The van der Waals surface area contributed by atoms with Crippen LogP contribution in [-0.4, -0.2) is 25.0 Å². The van der Waals surface area contributed by atoms with Crippen LogP contribution in [-0.2, 0) is 6.54 Å². The number of hydrogen-bond donors (Lipinski definition) is 0. The van der Waals surface area contributed by atoms with E-state index >= 15 is 0 Å². The van der Waals surface area contributed by atoms with Gasteiger partial charge in [0.05, 0.1) is 0 Å². The van der Waals surface area contributed by atoms with Gasteiger partial charge in [0.25, 0.3) is 0 Å². The Kier molecular flexibility index (Phi) is 4.35. The van der Waals surface area contributed by atoms with Gasteiger partial charge in [-0.05, 0) is 43.3 Å². The summed E-state index contributed by atoms with van der Waals surface area (Å²) in [5.41, 5.74) is 2.52. The predicted molar refractivity (Wildman–Crippen MR) is 86.7 cm³/mol. The van der Waals surface area contributed by atoms with E-state index < -0.39 is 0 Å². The zero-order valence-electron chi connectivity index (χ0n) is 12.8. The van der Waals surface area contributed by atoms with E-state index in [2.05, 4.69) is 40.3 Å². The first-order valence-corrected chi connectivity index (χ1v) is 7.95. The Labute approximate surface area is 138 Å². The van der Waals surface area contributed by atoms with Gasteiger partial charge in [0, 0.05) is 12.1 Å². The van der Waals surface area contributed by atoms with Crippen LogP contribution in [0.4, 0.5) is 0 Å². The molecule has 0 aliphatic heterocycles. The van der Waals surface area contributed by atoms with Crippen LogP contribution in [0.15, 0.2) is 46.6 Å². The molecule has 0 radical (unpaired) electrons. The molecule has 0 spiro atoms. The maximum atomic E-state index is 8.77. The molecular formula is C16H14N6S. The van der Waals surface area contributed by atoms with E-state index in [1.165, 1.54) is 11.8 Å².